The molecule has 1 rings (SSSR count). The Morgan fingerprint density at radius 3 is 2.71 bits per heavy atom. The van der Waals surface area contributed by atoms with Gasteiger partial charge in [0.2, 0.25) is 6.41 Å². The van der Waals surface area contributed by atoms with Gasteiger partial charge >= 0.3 is 0 Å². The number of hydrogen-bond acceptors (Lipinski definition) is 2. The number of likely N-dealkylation sites (tertiary alicyclic amines) is 1. The van der Waals surface area contributed by atoms with Crippen molar-refractivity contribution in [2.45, 2.75) is 25.3 Å². The first-order valence-electron chi connectivity index (χ1n) is 5.10. The molecule has 1 saturated heterocycles. The van der Waals surface area contributed by atoms with Gasteiger partial charge in [0, 0.05) is 18.9 Å². The Morgan fingerprint density at radius 2 is 2.21 bits per heavy atom. The standard InChI is InChI=1S/C10H17N3O/c1-13(6-2-5-11)7-3-10(4-8-13)12-9-14/h9-10H,2-4,6-8H2,1H3/p+1. The highest BCUT2D eigenvalue weighted by Gasteiger charge is 2.29. The minimum Gasteiger partial charge on any atom is -0.355 e. The molecule has 4 heteroatoms. The maximum absolute atomic E-state index is 10.2. The minimum absolute atomic E-state index is 0.348. The van der Waals surface area contributed by atoms with Crippen LogP contribution in [0.3, 0.4) is 0 Å². The summed E-state index contributed by atoms with van der Waals surface area (Å²) in [6, 6.07) is 2.54. The number of nitriles is 1. The molecule has 1 N–H and O–H groups in total. The van der Waals surface area contributed by atoms with Gasteiger partial charge in [-0.25, -0.2) is 0 Å². The van der Waals surface area contributed by atoms with Crippen LogP contribution in [0, 0.1) is 11.3 Å². The molecule has 1 aliphatic rings. The summed E-state index contributed by atoms with van der Waals surface area (Å²) >= 11 is 0. The average molecular weight is 196 g/mol. The summed E-state index contributed by atoms with van der Waals surface area (Å²) in [5, 5.41) is 11.4. The number of carbonyl (C=O) groups is 1. The third-order valence-electron chi connectivity index (χ3n) is 3.10. The van der Waals surface area contributed by atoms with Crippen LogP contribution in [0.25, 0.3) is 0 Å². The second-order valence-corrected chi connectivity index (χ2v) is 4.26. The molecule has 0 aromatic heterocycles. The molecule has 0 atom stereocenters. The van der Waals surface area contributed by atoms with E-state index >= 15 is 0 Å². The number of quaternary nitrogens is 1. The van der Waals surface area contributed by atoms with Crippen LogP contribution in [0.2, 0.25) is 0 Å². The first-order chi connectivity index (χ1) is 6.70. The highest BCUT2D eigenvalue weighted by Crippen LogP contribution is 2.16. The van der Waals surface area contributed by atoms with Crippen molar-refractivity contribution in [2.75, 3.05) is 26.7 Å². The van der Waals surface area contributed by atoms with Crippen molar-refractivity contribution >= 4 is 6.41 Å². The van der Waals surface area contributed by atoms with Crippen molar-refractivity contribution in [1.29, 1.82) is 5.26 Å². The van der Waals surface area contributed by atoms with Crippen LogP contribution in [0.15, 0.2) is 0 Å². The maximum Gasteiger partial charge on any atom is 0.207 e. The number of rotatable bonds is 4. The molecule has 4 nitrogen and oxygen atoms in total. The Bertz CT molecular complexity index is 226. The van der Waals surface area contributed by atoms with Crippen molar-refractivity contribution in [2.24, 2.45) is 0 Å². The number of hydrogen-bond donors (Lipinski definition) is 1. The third-order valence-corrected chi connectivity index (χ3v) is 3.10. The lowest BCUT2D eigenvalue weighted by Gasteiger charge is -2.40. The van der Waals surface area contributed by atoms with E-state index in [0.29, 0.717) is 12.5 Å². The van der Waals surface area contributed by atoms with Gasteiger partial charge in [-0.3, -0.25) is 4.79 Å². The van der Waals surface area contributed by atoms with Gasteiger partial charge in [0.1, 0.15) is 0 Å². The fourth-order valence-corrected chi connectivity index (χ4v) is 2.00. The van der Waals surface area contributed by atoms with E-state index in [0.717, 1.165) is 43.4 Å². The third kappa shape index (κ3) is 3.00. The number of piperidine rings is 1. The zero-order chi connectivity index (χ0) is 10.4. The number of nitrogens with one attached hydrogen (secondary N) is 1. The summed E-state index contributed by atoms with van der Waals surface area (Å²) in [7, 11) is 2.19. The monoisotopic (exact) mass is 196 g/mol. The highest BCUT2D eigenvalue weighted by molar-refractivity contribution is 5.46. The van der Waals surface area contributed by atoms with Gasteiger partial charge in [-0.2, -0.15) is 5.26 Å². The smallest absolute Gasteiger partial charge is 0.207 e. The lowest BCUT2D eigenvalue weighted by molar-refractivity contribution is -0.913. The fourth-order valence-electron chi connectivity index (χ4n) is 2.00. The minimum atomic E-state index is 0.348. The summed E-state index contributed by atoms with van der Waals surface area (Å²) in [6.45, 7) is 3.06. The van der Waals surface area contributed by atoms with E-state index in [1.165, 1.54) is 0 Å². The topological polar surface area (TPSA) is 52.9 Å². The molecule has 1 fully saturated rings. The molecule has 0 aromatic carbocycles. The number of carbonyl (C=O) groups excluding carboxylic acids is 1. The molecule has 0 radical (unpaired) electrons. The van der Waals surface area contributed by atoms with E-state index in [-0.39, 0.29) is 0 Å². The summed E-state index contributed by atoms with van der Waals surface area (Å²) in [6.07, 6.45) is 3.47. The van der Waals surface area contributed by atoms with Crippen LogP contribution in [0.1, 0.15) is 19.3 Å². The van der Waals surface area contributed by atoms with Crippen molar-refractivity contribution < 1.29 is 9.28 Å². The van der Waals surface area contributed by atoms with Crippen molar-refractivity contribution in [3.05, 3.63) is 0 Å². The molecule has 78 valence electrons. The van der Waals surface area contributed by atoms with Crippen LogP contribution < -0.4 is 5.32 Å². The Labute approximate surface area is 85.1 Å². The Kier molecular flexibility index (Phi) is 3.90. The van der Waals surface area contributed by atoms with Crippen LogP contribution >= 0.6 is 0 Å². The molecule has 0 unspecified atom stereocenters. The van der Waals surface area contributed by atoms with E-state index < -0.39 is 0 Å². The van der Waals surface area contributed by atoms with Crippen molar-refractivity contribution in [3.8, 4) is 6.07 Å². The second-order valence-electron chi connectivity index (χ2n) is 4.26. The SMILES string of the molecule is C[N+]1(CCC#N)CCC(NC=O)CC1. The maximum atomic E-state index is 10.2. The van der Waals surface area contributed by atoms with Gasteiger partial charge in [-0.15, -0.1) is 0 Å². The van der Waals surface area contributed by atoms with Crippen LogP contribution in [-0.4, -0.2) is 43.6 Å². The van der Waals surface area contributed by atoms with Gasteiger partial charge in [0.25, 0.3) is 0 Å². The van der Waals surface area contributed by atoms with Crippen molar-refractivity contribution in [3.63, 3.8) is 0 Å². The molecular weight excluding hydrogens is 178 g/mol. The molecule has 0 bridgehead atoms. The lowest BCUT2D eigenvalue weighted by Crippen LogP contribution is -2.53. The summed E-state index contributed by atoms with van der Waals surface area (Å²) in [5.41, 5.74) is 0. The Morgan fingerprint density at radius 1 is 1.57 bits per heavy atom. The fraction of sp³-hybridized carbons (Fsp3) is 0.800. The van der Waals surface area contributed by atoms with Gasteiger partial charge in [0.15, 0.2) is 0 Å². The van der Waals surface area contributed by atoms with E-state index in [9.17, 15) is 4.79 Å². The van der Waals surface area contributed by atoms with Crippen molar-refractivity contribution in [1.82, 2.24) is 5.32 Å². The largest absolute Gasteiger partial charge is 0.355 e. The molecular formula is C10H18N3O+. The predicted octanol–water partition coefficient (Wildman–Crippen LogP) is 0.255. The first kappa shape index (κ1) is 11.0. The quantitative estimate of drug-likeness (QED) is 0.518. The Balaban J connectivity index is 2.33. The summed E-state index contributed by atoms with van der Waals surface area (Å²) in [4.78, 5) is 10.2. The average Bonchev–Trinajstić information content (AvgIpc) is 2.20. The number of nitrogens with zero attached hydrogens (tertiary/aromatic N) is 2. The molecule has 14 heavy (non-hydrogen) atoms. The molecule has 0 spiro atoms. The molecule has 1 heterocycles. The summed E-state index contributed by atoms with van der Waals surface area (Å²) < 4.78 is 0.977. The van der Waals surface area contributed by atoms with E-state index in [2.05, 4.69) is 18.4 Å². The lowest BCUT2D eigenvalue weighted by atomic mass is 10.0. The summed E-state index contributed by atoms with van der Waals surface area (Å²) in [5.74, 6) is 0. The van der Waals surface area contributed by atoms with E-state index in [4.69, 9.17) is 5.26 Å². The van der Waals surface area contributed by atoms with Gasteiger partial charge in [0.05, 0.1) is 39.2 Å². The molecule has 1 amide bonds. The zero-order valence-corrected chi connectivity index (χ0v) is 8.70. The Hall–Kier alpha value is -1.08. The predicted molar refractivity (Wildman–Crippen MR) is 53.2 cm³/mol. The van der Waals surface area contributed by atoms with Crippen LogP contribution in [0.5, 0.6) is 0 Å². The normalized spacial score (nSPS) is 31.9. The van der Waals surface area contributed by atoms with Gasteiger partial charge < -0.3 is 9.80 Å². The second kappa shape index (κ2) is 4.97. The van der Waals surface area contributed by atoms with Gasteiger partial charge in [-0.05, 0) is 0 Å². The highest BCUT2D eigenvalue weighted by atomic mass is 16.1. The molecule has 0 aliphatic carbocycles. The van der Waals surface area contributed by atoms with E-state index in [1.807, 2.05) is 0 Å². The van der Waals surface area contributed by atoms with E-state index in [1.54, 1.807) is 0 Å². The van der Waals surface area contributed by atoms with Crippen LogP contribution in [0.4, 0.5) is 0 Å². The first-order valence-corrected chi connectivity index (χ1v) is 5.10. The molecule has 1 aliphatic heterocycles. The van der Waals surface area contributed by atoms with Gasteiger partial charge in [-0.1, -0.05) is 0 Å². The number of amides is 1. The molecule has 0 aromatic rings. The van der Waals surface area contributed by atoms with Crippen LogP contribution in [-0.2, 0) is 4.79 Å². The zero-order valence-electron chi connectivity index (χ0n) is 8.70. The molecule has 0 saturated carbocycles.